The lowest BCUT2D eigenvalue weighted by Crippen LogP contribution is -2.33. The number of nitrogens with one attached hydrogen (secondary N) is 1. The molecule has 0 bridgehead atoms. The zero-order valence-corrected chi connectivity index (χ0v) is 23.1. The van der Waals surface area contributed by atoms with Crippen LogP contribution in [0.5, 0.6) is 0 Å². The molecule has 1 fully saturated rings. The molecule has 0 radical (unpaired) electrons. The maximum atomic E-state index is 11.8. The van der Waals surface area contributed by atoms with E-state index in [4.69, 9.17) is 23.7 Å². The Morgan fingerprint density at radius 3 is 2.28 bits per heavy atom. The molecule has 0 saturated carbocycles. The summed E-state index contributed by atoms with van der Waals surface area (Å²) in [5, 5.41) is 4.20. The summed E-state index contributed by atoms with van der Waals surface area (Å²) in [5.41, 5.74) is 0. The molecule has 15 heteroatoms. The number of nitrogens with zero attached hydrogens (tertiary/aromatic N) is 2. The summed E-state index contributed by atoms with van der Waals surface area (Å²) in [7, 11) is 3.15. The predicted molar refractivity (Wildman–Crippen MR) is 141 cm³/mol. The van der Waals surface area contributed by atoms with Gasteiger partial charge < -0.3 is 33.8 Å². The van der Waals surface area contributed by atoms with Gasteiger partial charge in [-0.25, -0.2) is 9.78 Å². The third-order valence-electron chi connectivity index (χ3n) is 4.50. The first kappa shape index (κ1) is 32.4. The zero-order valence-electron chi connectivity index (χ0n) is 21.4. The summed E-state index contributed by atoms with van der Waals surface area (Å²) in [6, 6.07) is 5.73. The van der Waals surface area contributed by atoms with Gasteiger partial charge in [0.2, 0.25) is 5.91 Å². The number of rotatable bonds is 22. The van der Waals surface area contributed by atoms with Crippen molar-refractivity contribution in [1.29, 1.82) is 0 Å². The molecule has 1 saturated heterocycles. The summed E-state index contributed by atoms with van der Waals surface area (Å²) < 4.78 is 26.2. The number of imide groups is 1. The number of hydrogen-bond donors (Lipinski definition) is 1. The molecule has 0 spiro atoms. The molecular weight excluding hydrogens is 554 g/mol. The van der Waals surface area contributed by atoms with E-state index in [1.165, 1.54) is 6.26 Å². The van der Waals surface area contributed by atoms with Crippen LogP contribution in [-0.2, 0) is 47.7 Å². The van der Waals surface area contributed by atoms with Gasteiger partial charge in [-0.3, -0.25) is 14.4 Å². The number of carbonyl (C=O) groups excluding carboxylic acids is 4. The summed E-state index contributed by atoms with van der Waals surface area (Å²) in [6.45, 7) is 2.58. The van der Waals surface area contributed by atoms with Gasteiger partial charge in [-0.15, -0.1) is 5.06 Å². The van der Waals surface area contributed by atoms with Crippen LogP contribution in [-0.4, -0.2) is 98.9 Å². The van der Waals surface area contributed by atoms with Crippen LogP contribution in [0.4, 0.5) is 0 Å². The normalized spacial score (nSPS) is 13.2. The van der Waals surface area contributed by atoms with Crippen molar-refractivity contribution in [1.82, 2.24) is 15.4 Å². The van der Waals surface area contributed by atoms with E-state index in [0.717, 1.165) is 11.3 Å². The molecule has 2 rings (SSSR count). The predicted octanol–water partition coefficient (Wildman–Crippen LogP) is 1.49. The Kier molecular flexibility index (Phi) is 17.5. The highest BCUT2D eigenvalue weighted by molar-refractivity contribution is 8.76. The fraction of sp³-hybridized carbons (Fsp3) is 0.542. The molecule has 1 aromatic rings. The first-order valence-electron chi connectivity index (χ1n) is 12.2. The van der Waals surface area contributed by atoms with Crippen molar-refractivity contribution >= 4 is 45.3 Å². The minimum Gasteiger partial charge on any atom is -0.496 e. The Labute approximate surface area is 234 Å². The van der Waals surface area contributed by atoms with Crippen LogP contribution >= 0.6 is 21.6 Å². The quantitative estimate of drug-likeness (QED) is 0.0903. The van der Waals surface area contributed by atoms with Gasteiger partial charge in [0.25, 0.3) is 11.8 Å². The van der Waals surface area contributed by atoms with Crippen molar-refractivity contribution in [3.8, 4) is 0 Å². The Hall–Kier alpha value is -2.85. The van der Waals surface area contributed by atoms with E-state index in [1.807, 2.05) is 18.2 Å². The number of pyridine rings is 1. The Morgan fingerprint density at radius 1 is 0.923 bits per heavy atom. The number of ether oxygens (including phenoxy) is 5. The van der Waals surface area contributed by atoms with Gasteiger partial charge in [0.1, 0.15) is 24.2 Å². The van der Waals surface area contributed by atoms with Crippen molar-refractivity contribution in [3.63, 3.8) is 0 Å². The van der Waals surface area contributed by atoms with Crippen LogP contribution < -0.4 is 5.32 Å². The molecule has 1 aromatic heterocycles. The molecular formula is C24H33N3O10S2. The number of amides is 3. The van der Waals surface area contributed by atoms with E-state index in [9.17, 15) is 19.2 Å². The number of hydroxylamine groups is 2. The molecule has 1 aliphatic heterocycles. The highest BCUT2D eigenvalue weighted by Crippen LogP contribution is 2.29. The van der Waals surface area contributed by atoms with Gasteiger partial charge >= 0.3 is 5.97 Å². The van der Waals surface area contributed by atoms with Crippen LogP contribution in [0.1, 0.15) is 19.3 Å². The van der Waals surface area contributed by atoms with Crippen molar-refractivity contribution in [2.24, 2.45) is 0 Å². The lowest BCUT2D eigenvalue weighted by Gasteiger charge is -2.11. The average Bonchev–Trinajstić information content (AvgIpc) is 3.25. The maximum Gasteiger partial charge on any atom is 0.370 e. The summed E-state index contributed by atoms with van der Waals surface area (Å²) in [5.74, 6) is -1.29. The zero-order chi connectivity index (χ0) is 28.0. The average molecular weight is 588 g/mol. The van der Waals surface area contributed by atoms with Crippen molar-refractivity contribution in [3.05, 3.63) is 36.9 Å². The first-order valence-corrected chi connectivity index (χ1v) is 14.5. The molecule has 1 N–H and O–H groups in total. The van der Waals surface area contributed by atoms with E-state index in [-0.39, 0.29) is 25.4 Å². The smallest absolute Gasteiger partial charge is 0.370 e. The monoisotopic (exact) mass is 587 g/mol. The summed E-state index contributed by atoms with van der Waals surface area (Å²) in [6.07, 6.45) is 4.62. The largest absolute Gasteiger partial charge is 0.496 e. The second kappa shape index (κ2) is 21.0. The second-order valence-corrected chi connectivity index (χ2v) is 9.95. The van der Waals surface area contributed by atoms with Gasteiger partial charge in [0.05, 0.1) is 39.6 Å². The molecule has 1 aliphatic rings. The van der Waals surface area contributed by atoms with Crippen LogP contribution in [0.25, 0.3) is 0 Å². The Bertz CT molecular complexity index is 891. The Morgan fingerprint density at radius 2 is 1.59 bits per heavy atom. The molecule has 13 nitrogen and oxygen atoms in total. The van der Waals surface area contributed by atoms with E-state index in [1.54, 1.807) is 27.8 Å². The van der Waals surface area contributed by atoms with Gasteiger partial charge in [0, 0.05) is 37.8 Å². The maximum absolute atomic E-state index is 11.8. The van der Waals surface area contributed by atoms with E-state index < -0.39 is 24.4 Å². The first-order chi connectivity index (χ1) is 19.1. The highest BCUT2D eigenvalue weighted by Gasteiger charge is 2.32. The Balaban J connectivity index is 1.27. The second-order valence-electron chi connectivity index (χ2n) is 7.51. The number of hydrogen-bond acceptors (Lipinski definition) is 13. The fourth-order valence-electron chi connectivity index (χ4n) is 2.68. The number of aromatic nitrogens is 1. The van der Waals surface area contributed by atoms with Crippen LogP contribution in [0.15, 0.2) is 41.9 Å². The minimum atomic E-state index is -0.874. The standard InChI is InChI=1S/C24H33N3O10S2/c28-20(6-18-38-39-21-3-1-2-7-26-21)25-8-9-32-10-11-33-12-13-34-14-15-35-16-17-36-19-24(31)37-27-22(29)4-5-23(27)30/h1-3,7,16-17H,4-6,8-15,18-19H2,(H,25,28). The van der Waals surface area contributed by atoms with Gasteiger partial charge in [0.15, 0.2) is 6.61 Å². The molecule has 3 amide bonds. The molecule has 0 atom stereocenters. The van der Waals surface area contributed by atoms with Crippen molar-refractivity contribution in [2.75, 3.05) is 65.2 Å². The van der Waals surface area contributed by atoms with Crippen LogP contribution in [0.3, 0.4) is 0 Å². The molecule has 0 aromatic carbocycles. The summed E-state index contributed by atoms with van der Waals surface area (Å²) in [4.78, 5) is 54.8. The SMILES string of the molecule is O=C(CCSSc1ccccn1)NCCOCCOCCOCCOC=COCC(=O)ON1C(=O)CCC1=O. The van der Waals surface area contributed by atoms with Crippen molar-refractivity contribution in [2.45, 2.75) is 24.3 Å². The molecule has 2 heterocycles. The van der Waals surface area contributed by atoms with Crippen LogP contribution in [0.2, 0.25) is 0 Å². The van der Waals surface area contributed by atoms with E-state index >= 15 is 0 Å². The van der Waals surface area contributed by atoms with E-state index in [0.29, 0.717) is 63.4 Å². The summed E-state index contributed by atoms with van der Waals surface area (Å²) >= 11 is 0. The van der Waals surface area contributed by atoms with Crippen molar-refractivity contribution < 1.29 is 47.7 Å². The van der Waals surface area contributed by atoms with Gasteiger partial charge in [-0.2, -0.15) is 0 Å². The lowest BCUT2D eigenvalue weighted by molar-refractivity contribution is -0.199. The third-order valence-corrected chi connectivity index (χ3v) is 6.77. The highest BCUT2D eigenvalue weighted by atomic mass is 33.1. The van der Waals surface area contributed by atoms with Gasteiger partial charge in [-0.05, 0) is 22.9 Å². The fourth-order valence-corrected chi connectivity index (χ4v) is 4.55. The van der Waals surface area contributed by atoms with Crippen LogP contribution in [0, 0.1) is 0 Å². The molecule has 39 heavy (non-hydrogen) atoms. The lowest BCUT2D eigenvalue weighted by atomic mass is 10.4. The topological polar surface area (TPSA) is 152 Å². The molecule has 0 unspecified atom stereocenters. The van der Waals surface area contributed by atoms with Gasteiger partial charge in [-0.1, -0.05) is 16.9 Å². The minimum absolute atomic E-state index is 0.0109. The molecule has 216 valence electrons. The third kappa shape index (κ3) is 16.0. The van der Waals surface area contributed by atoms with E-state index in [2.05, 4.69) is 15.1 Å². The number of carbonyl (C=O) groups is 4. The molecule has 0 aliphatic carbocycles.